The first-order valence-electron chi connectivity index (χ1n) is 8.52. The number of hydrogen-bond acceptors (Lipinski definition) is 5. The van der Waals surface area contributed by atoms with E-state index in [2.05, 4.69) is 17.7 Å². The third-order valence-electron chi connectivity index (χ3n) is 5.57. The van der Waals surface area contributed by atoms with Crippen molar-refractivity contribution < 1.29 is 23.9 Å². The fourth-order valence-corrected chi connectivity index (χ4v) is 4.07. The van der Waals surface area contributed by atoms with Crippen LogP contribution in [0.4, 0.5) is 4.79 Å². The number of carbonyl (C=O) groups is 4. The Kier molecular flexibility index (Phi) is 4.63. The highest BCUT2D eigenvalue weighted by Gasteiger charge is 2.69. The number of alkyl halides is 2. The van der Waals surface area contributed by atoms with Crippen molar-refractivity contribution in [2.45, 2.75) is 55.8 Å². The van der Waals surface area contributed by atoms with Gasteiger partial charge in [-0.1, -0.05) is 6.92 Å². The second-order valence-electron chi connectivity index (χ2n) is 7.66. The molecule has 3 rings (SSSR count). The molecule has 8 nitrogen and oxygen atoms in total. The fourth-order valence-electron chi connectivity index (χ4n) is 3.38. The zero-order valence-corrected chi connectivity index (χ0v) is 16.1. The molecule has 0 aromatic carbocycles. The largest absolute Gasteiger partial charge is 0.455 e. The van der Waals surface area contributed by atoms with Crippen LogP contribution in [0, 0.1) is 11.3 Å². The van der Waals surface area contributed by atoms with Crippen molar-refractivity contribution in [3.63, 3.8) is 0 Å². The molecule has 4 amide bonds. The summed E-state index contributed by atoms with van der Waals surface area (Å²) in [5, 5.41) is 3.35. The van der Waals surface area contributed by atoms with Gasteiger partial charge in [0, 0.05) is 6.42 Å². The van der Waals surface area contributed by atoms with E-state index in [0.717, 1.165) is 12.8 Å². The molecule has 2 saturated carbocycles. The summed E-state index contributed by atoms with van der Waals surface area (Å²) in [6.07, 6.45) is 2.95. The summed E-state index contributed by atoms with van der Waals surface area (Å²) in [6, 6.07) is -0.682. The maximum Gasteiger partial charge on any atom is 0.344 e. The minimum Gasteiger partial charge on any atom is -0.455 e. The van der Waals surface area contributed by atoms with Gasteiger partial charge in [-0.15, -0.1) is 23.2 Å². The Labute approximate surface area is 160 Å². The van der Waals surface area contributed by atoms with Crippen molar-refractivity contribution in [3.8, 4) is 0 Å². The van der Waals surface area contributed by atoms with Gasteiger partial charge in [0.05, 0.1) is 0 Å². The molecule has 0 aromatic rings. The Bertz CT molecular complexity index is 675. The van der Waals surface area contributed by atoms with Crippen LogP contribution >= 0.6 is 23.2 Å². The summed E-state index contributed by atoms with van der Waals surface area (Å²) in [7, 11) is 0. The number of nitrogens with zero attached hydrogens (tertiary/aromatic N) is 1. The van der Waals surface area contributed by atoms with E-state index in [0.29, 0.717) is 23.8 Å². The lowest BCUT2D eigenvalue weighted by Crippen LogP contribution is -2.52. The standard InChI is InChI=1S/C16H21Cl2N3O5/c1-9-3-5-15(6-4-9)11(23)21(13(25)19-15)20-10(22)7-26-12(24)14(2)8-16(14,17)18/h9H,3-8H2,1-2H3,(H,19,25)(H,20,22)/t9?,14-,15?/m1/s1. The molecule has 0 bridgehead atoms. The third-order valence-corrected chi connectivity index (χ3v) is 6.67. The van der Waals surface area contributed by atoms with Gasteiger partial charge in [0.2, 0.25) is 0 Å². The summed E-state index contributed by atoms with van der Waals surface area (Å²) < 4.78 is 3.71. The van der Waals surface area contributed by atoms with Gasteiger partial charge in [-0.3, -0.25) is 19.8 Å². The number of urea groups is 1. The van der Waals surface area contributed by atoms with Crippen molar-refractivity contribution >= 4 is 47.0 Å². The molecular formula is C16H21Cl2N3O5. The van der Waals surface area contributed by atoms with Crippen LogP contribution in [-0.2, 0) is 19.1 Å². The number of imide groups is 1. The minimum atomic E-state index is -1.20. The first kappa shape index (κ1) is 19.2. The summed E-state index contributed by atoms with van der Waals surface area (Å²) in [5.74, 6) is -1.48. The molecular weight excluding hydrogens is 385 g/mol. The highest BCUT2D eigenvalue weighted by Crippen LogP contribution is 2.64. The number of hydrazine groups is 1. The van der Waals surface area contributed by atoms with Gasteiger partial charge >= 0.3 is 12.0 Å². The maximum atomic E-state index is 12.6. The lowest BCUT2D eigenvalue weighted by Gasteiger charge is -2.33. The molecule has 1 heterocycles. The molecule has 3 aliphatic rings. The molecule has 0 radical (unpaired) electrons. The van der Waals surface area contributed by atoms with Crippen LogP contribution in [0.3, 0.4) is 0 Å². The predicted octanol–water partition coefficient (Wildman–Crippen LogP) is 1.65. The van der Waals surface area contributed by atoms with E-state index in [1.807, 2.05) is 0 Å². The monoisotopic (exact) mass is 405 g/mol. The second kappa shape index (κ2) is 6.27. The van der Waals surface area contributed by atoms with Crippen molar-refractivity contribution in [2.24, 2.45) is 11.3 Å². The molecule has 10 heteroatoms. The zero-order valence-electron chi connectivity index (χ0n) is 14.6. The van der Waals surface area contributed by atoms with Gasteiger partial charge in [-0.05, 0) is 38.5 Å². The maximum absolute atomic E-state index is 12.6. The van der Waals surface area contributed by atoms with E-state index in [9.17, 15) is 19.2 Å². The normalized spacial score (nSPS) is 35.2. The molecule has 1 aliphatic heterocycles. The van der Waals surface area contributed by atoms with Crippen LogP contribution in [0.5, 0.6) is 0 Å². The predicted molar refractivity (Wildman–Crippen MR) is 92.0 cm³/mol. The fraction of sp³-hybridized carbons (Fsp3) is 0.750. The lowest BCUT2D eigenvalue weighted by molar-refractivity contribution is -0.155. The summed E-state index contributed by atoms with van der Waals surface area (Å²) in [6.45, 7) is 3.00. The molecule has 0 unspecified atom stereocenters. The molecule has 26 heavy (non-hydrogen) atoms. The summed E-state index contributed by atoms with van der Waals surface area (Å²) in [4.78, 5) is 48.7. The van der Waals surface area contributed by atoms with Gasteiger partial charge in [0.15, 0.2) is 6.61 Å². The van der Waals surface area contributed by atoms with Crippen molar-refractivity contribution in [3.05, 3.63) is 0 Å². The molecule has 1 spiro atoms. The van der Waals surface area contributed by atoms with Crippen molar-refractivity contribution in [1.29, 1.82) is 0 Å². The van der Waals surface area contributed by atoms with Gasteiger partial charge < -0.3 is 10.1 Å². The number of carbonyl (C=O) groups excluding carboxylic acids is 4. The Morgan fingerprint density at radius 1 is 1.31 bits per heavy atom. The highest BCUT2D eigenvalue weighted by atomic mass is 35.5. The molecule has 144 valence electrons. The SMILES string of the molecule is CC1CCC2(CC1)NC(=O)N(NC(=O)COC(=O)[C@@]1(C)CC1(Cl)Cl)C2=O. The summed E-state index contributed by atoms with van der Waals surface area (Å²) >= 11 is 11.8. The number of ether oxygens (including phenoxy) is 1. The van der Waals surface area contributed by atoms with E-state index in [1.165, 1.54) is 0 Å². The number of esters is 1. The average molecular weight is 406 g/mol. The van der Waals surface area contributed by atoms with Crippen LogP contribution in [0.2, 0.25) is 0 Å². The number of nitrogens with one attached hydrogen (secondary N) is 2. The number of halogens is 2. The second-order valence-corrected chi connectivity index (χ2v) is 9.14. The topological polar surface area (TPSA) is 105 Å². The number of amides is 4. The zero-order chi connectivity index (χ0) is 19.3. The van der Waals surface area contributed by atoms with Gasteiger partial charge in [-0.2, -0.15) is 5.01 Å². The van der Waals surface area contributed by atoms with Crippen molar-refractivity contribution in [1.82, 2.24) is 15.8 Å². The quantitative estimate of drug-likeness (QED) is 0.420. The number of rotatable bonds is 4. The molecule has 1 saturated heterocycles. The minimum absolute atomic E-state index is 0.234. The van der Waals surface area contributed by atoms with Gasteiger partial charge in [-0.25, -0.2) is 4.79 Å². The first-order chi connectivity index (χ1) is 12.0. The van der Waals surface area contributed by atoms with Crippen LogP contribution in [0.1, 0.15) is 46.0 Å². The van der Waals surface area contributed by atoms with Crippen molar-refractivity contribution in [2.75, 3.05) is 6.61 Å². The van der Waals surface area contributed by atoms with Crippen LogP contribution < -0.4 is 10.7 Å². The molecule has 3 fully saturated rings. The van der Waals surface area contributed by atoms with E-state index >= 15 is 0 Å². The van der Waals surface area contributed by atoms with Gasteiger partial charge in [0.1, 0.15) is 15.3 Å². The smallest absolute Gasteiger partial charge is 0.344 e. The van der Waals surface area contributed by atoms with Crippen LogP contribution in [0.15, 0.2) is 0 Å². The molecule has 2 N–H and O–H groups in total. The Balaban J connectivity index is 1.54. The Morgan fingerprint density at radius 2 is 1.88 bits per heavy atom. The Hall–Kier alpha value is -1.54. The lowest BCUT2D eigenvalue weighted by atomic mass is 9.77. The van der Waals surface area contributed by atoms with Gasteiger partial charge in [0.25, 0.3) is 11.8 Å². The van der Waals surface area contributed by atoms with E-state index in [-0.39, 0.29) is 6.42 Å². The molecule has 0 aromatic heterocycles. The first-order valence-corrected chi connectivity index (χ1v) is 9.28. The average Bonchev–Trinajstić information content (AvgIpc) is 3.02. The van der Waals surface area contributed by atoms with E-state index in [1.54, 1.807) is 6.92 Å². The van der Waals surface area contributed by atoms with E-state index < -0.39 is 45.7 Å². The number of hydrogen-bond donors (Lipinski definition) is 2. The third kappa shape index (κ3) is 3.13. The van der Waals surface area contributed by atoms with E-state index in [4.69, 9.17) is 27.9 Å². The Morgan fingerprint density at radius 3 is 2.42 bits per heavy atom. The van der Waals surface area contributed by atoms with Crippen LogP contribution in [-0.4, -0.2) is 45.3 Å². The van der Waals surface area contributed by atoms with Crippen LogP contribution in [0.25, 0.3) is 0 Å². The molecule has 1 atom stereocenters. The summed E-state index contributed by atoms with van der Waals surface area (Å²) in [5.41, 5.74) is 0.191. The highest BCUT2D eigenvalue weighted by molar-refractivity contribution is 6.53. The molecule has 2 aliphatic carbocycles.